The molecule has 7 nitrogen and oxygen atoms in total. The molecule has 0 spiro atoms. The smallest absolute Gasteiger partial charge is 0.410 e. The van der Waals surface area contributed by atoms with Gasteiger partial charge in [-0.15, -0.1) is 0 Å². The lowest BCUT2D eigenvalue weighted by Gasteiger charge is -2.26. The Morgan fingerprint density at radius 2 is 1.52 bits per heavy atom. The van der Waals surface area contributed by atoms with Crippen LogP contribution in [0.3, 0.4) is 0 Å². The molecule has 1 rings (SSSR count). The van der Waals surface area contributed by atoms with Crippen LogP contribution in [-0.2, 0) is 9.47 Å². The Balaban J connectivity index is 2.58. The SMILES string of the molecule is CC(C)(C)OC(=O)NCC1CCN(C(=O)OC(C)(C)C)CCC1CN. The van der Waals surface area contributed by atoms with Crippen molar-refractivity contribution in [2.75, 3.05) is 26.2 Å². The number of amides is 2. The molecule has 1 saturated heterocycles. The van der Waals surface area contributed by atoms with E-state index in [1.165, 1.54) is 0 Å². The summed E-state index contributed by atoms with van der Waals surface area (Å²) in [6, 6.07) is 0. The van der Waals surface area contributed by atoms with Crippen molar-refractivity contribution < 1.29 is 19.1 Å². The average molecular weight is 357 g/mol. The summed E-state index contributed by atoms with van der Waals surface area (Å²) >= 11 is 0. The fourth-order valence-electron chi connectivity index (χ4n) is 2.84. The number of carbonyl (C=O) groups is 2. The standard InChI is InChI=1S/C18H35N3O4/c1-17(2,3)24-15(22)20-12-14-8-10-21(9-7-13(14)11-19)16(23)25-18(4,5)6/h13-14H,7-12,19H2,1-6H3,(H,20,22). The van der Waals surface area contributed by atoms with Crippen molar-refractivity contribution >= 4 is 12.2 Å². The van der Waals surface area contributed by atoms with Crippen molar-refractivity contribution in [3.8, 4) is 0 Å². The summed E-state index contributed by atoms with van der Waals surface area (Å²) in [4.78, 5) is 25.9. The van der Waals surface area contributed by atoms with Gasteiger partial charge in [0.15, 0.2) is 0 Å². The highest BCUT2D eigenvalue weighted by Gasteiger charge is 2.30. The molecule has 1 fully saturated rings. The first kappa shape index (κ1) is 21.5. The van der Waals surface area contributed by atoms with Gasteiger partial charge in [0.05, 0.1) is 0 Å². The number of carbonyl (C=O) groups excluding carboxylic acids is 2. The molecule has 0 aromatic heterocycles. The summed E-state index contributed by atoms with van der Waals surface area (Å²) in [6.07, 6.45) is 0.869. The Morgan fingerprint density at radius 1 is 1.00 bits per heavy atom. The number of nitrogens with two attached hydrogens (primary N) is 1. The zero-order valence-corrected chi connectivity index (χ0v) is 16.6. The summed E-state index contributed by atoms with van der Waals surface area (Å²) in [6.45, 7) is 13.3. The lowest BCUT2D eigenvalue weighted by atomic mass is 9.88. The van der Waals surface area contributed by atoms with Gasteiger partial charge in [-0.1, -0.05) is 0 Å². The second kappa shape index (κ2) is 8.74. The molecule has 2 amide bonds. The normalized spacial score (nSPS) is 22.1. The predicted molar refractivity (Wildman–Crippen MR) is 97.3 cm³/mol. The third kappa shape index (κ3) is 8.43. The van der Waals surface area contributed by atoms with Crippen LogP contribution in [0.4, 0.5) is 9.59 Å². The molecular weight excluding hydrogens is 322 g/mol. The number of ether oxygens (including phenoxy) is 2. The number of hydrogen-bond acceptors (Lipinski definition) is 5. The first-order valence-electron chi connectivity index (χ1n) is 9.06. The third-order valence-corrected chi connectivity index (χ3v) is 4.07. The van der Waals surface area contributed by atoms with Crippen LogP contribution in [0.15, 0.2) is 0 Å². The van der Waals surface area contributed by atoms with Crippen molar-refractivity contribution in [1.82, 2.24) is 10.2 Å². The van der Waals surface area contributed by atoms with E-state index in [0.717, 1.165) is 12.8 Å². The number of nitrogens with zero attached hydrogens (tertiary/aromatic N) is 1. The maximum atomic E-state index is 12.3. The van der Waals surface area contributed by atoms with Gasteiger partial charge < -0.3 is 25.4 Å². The highest BCUT2D eigenvalue weighted by Crippen LogP contribution is 2.24. The molecule has 0 aromatic rings. The largest absolute Gasteiger partial charge is 0.444 e. The van der Waals surface area contributed by atoms with Gasteiger partial charge >= 0.3 is 12.2 Å². The van der Waals surface area contributed by atoms with E-state index in [1.54, 1.807) is 4.90 Å². The van der Waals surface area contributed by atoms with Gasteiger partial charge in [0.25, 0.3) is 0 Å². The Bertz CT molecular complexity index is 454. The molecule has 0 aromatic carbocycles. The molecule has 146 valence electrons. The Labute approximate surface area is 151 Å². The number of hydrogen-bond donors (Lipinski definition) is 2. The molecule has 0 bridgehead atoms. The van der Waals surface area contributed by atoms with Gasteiger partial charge in [-0.2, -0.15) is 0 Å². The maximum absolute atomic E-state index is 12.3. The Hall–Kier alpha value is -1.50. The van der Waals surface area contributed by atoms with Crippen LogP contribution in [0.1, 0.15) is 54.4 Å². The van der Waals surface area contributed by atoms with Gasteiger partial charge in [-0.05, 0) is 72.8 Å². The number of rotatable bonds is 3. The molecule has 2 unspecified atom stereocenters. The second-order valence-corrected chi connectivity index (χ2v) is 8.68. The van der Waals surface area contributed by atoms with Gasteiger partial charge in [0.2, 0.25) is 0 Å². The van der Waals surface area contributed by atoms with E-state index in [-0.39, 0.29) is 17.9 Å². The van der Waals surface area contributed by atoms with E-state index < -0.39 is 17.3 Å². The van der Waals surface area contributed by atoms with E-state index in [1.807, 2.05) is 41.5 Å². The number of alkyl carbamates (subject to hydrolysis) is 1. The van der Waals surface area contributed by atoms with E-state index in [9.17, 15) is 9.59 Å². The third-order valence-electron chi connectivity index (χ3n) is 4.07. The van der Waals surface area contributed by atoms with Crippen molar-refractivity contribution in [3.05, 3.63) is 0 Å². The highest BCUT2D eigenvalue weighted by molar-refractivity contribution is 5.68. The van der Waals surface area contributed by atoms with Crippen LogP contribution in [0.2, 0.25) is 0 Å². The van der Waals surface area contributed by atoms with E-state index in [0.29, 0.717) is 26.2 Å². The fraction of sp³-hybridized carbons (Fsp3) is 0.889. The molecule has 3 N–H and O–H groups in total. The van der Waals surface area contributed by atoms with Crippen LogP contribution in [0, 0.1) is 11.8 Å². The minimum atomic E-state index is -0.520. The number of nitrogens with one attached hydrogen (secondary N) is 1. The quantitative estimate of drug-likeness (QED) is 0.810. The van der Waals surface area contributed by atoms with Gasteiger partial charge in [-0.25, -0.2) is 9.59 Å². The Kier molecular flexibility index (Phi) is 7.53. The van der Waals surface area contributed by atoms with E-state index in [2.05, 4.69) is 5.32 Å². The molecule has 0 aliphatic carbocycles. The predicted octanol–water partition coefficient (Wildman–Crippen LogP) is 2.73. The lowest BCUT2D eigenvalue weighted by Crippen LogP contribution is -2.38. The van der Waals surface area contributed by atoms with Crippen molar-refractivity contribution in [1.29, 1.82) is 0 Å². The molecule has 1 heterocycles. The van der Waals surface area contributed by atoms with Crippen LogP contribution in [0.25, 0.3) is 0 Å². The van der Waals surface area contributed by atoms with Gasteiger partial charge in [0.1, 0.15) is 11.2 Å². The molecule has 0 radical (unpaired) electrons. The molecule has 2 atom stereocenters. The van der Waals surface area contributed by atoms with Crippen LogP contribution in [0.5, 0.6) is 0 Å². The monoisotopic (exact) mass is 357 g/mol. The molecular formula is C18H35N3O4. The molecule has 7 heteroatoms. The fourth-order valence-corrected chi connectivity index (χ4v) is 2.84. The summed E-state index contributed by atoms with van der Waals surface area (Å²) < 4.78 is 10.7. The van der Waals surface area contributed by atoms with Crippen LogP contribution < -0.4 is 11.1 Å². The molecule has 25 heavy (non-hydrogen) atoms. The van der Waals surface area contributed by atoms with Crippen molar-refractivity contribution in [3.63, 3.8) is 0 Å². The Morgan fingerprint density at radius 3 is 2.00 bits per heavy atom. The van der Waals surface area contributed by atoms with E-state index >= 15 is 0 Å². The zero-order valence-electron chi connectivity index (χ0n) is 16.6. The van der Waals surface area contributed by atoms with Crippen LogP contribution in [-0.4, -0.2) is 54.5 Å². The summed E-state index contributed by atoms with van der Waals surface area (Å²) in [5.41, 5.74) is 4.89. The second-order valence-electron chi connectivity index (χ2n) is 8.68. The van der Waals surface area contributed by atoms with Crippen LogP contribution >= 0.6 is 0 Å². The van der Waals surface area contributed by atoms with Gasteiger partial charge in [-0.3, -0.25) is 0 Å². The minimum absolute atomic E-state index is 0.213. The summed E-state index contributed by atoms with van der Waals surface area (Å²) in [5, 5.41) is 2.83. The lowest BCUT2D eigenvalue weighted by molar-refractivity contribution is 0.0253. The topological polar surface area (TPSA) is 93.9 Å². The first-order chi connectivity index (χ1) is 11.4. The minimum Gasteiger partial charge on any atom is -0.444 e. The molecule has 1 aliphatic rings. The highest BCUT2D eigenvalue weighted by atomic mass is 16.6. The van der Waals surface area contributed by atoms with E-state index in [4.69, 9.17) is 15.2 Å². The molecule has 1 aliphatic heterocycles. The molecule has 0 saturated carbocycles. The average Bonchev–Trinajstić information content (AvgIpc) is 2.63. The number of likely N-dealkylation sites (tertiary alicyclic amines) is 1. The van der Waals surface area contributed by atoms with Gasteiger partial charge in [0, 0.05) is 19.6 Å². The van der Waals surface area contributed by atoms with Crippen molar-refractivity contribution in [2.24, 2.45) is 17.6 Å². The summed E-state index contributed by atoms with van der Waals surface area (Å²) in [5.74, 6) is 0.465. The van der Waals surface area contributed by atoms with Crippen molar-refractivity contribution in [2.45, 2.75) is 65.6 Å². The maximum Gasteiger partial charge on any atom is 0.410 e. The first-order valence-corrected chi connectivity index (χ1v) is 9.06. The zero-order chi connectivity index (χ0) is 19.3. The summed E-state index contributed by atoms with van der Waals surface area (Å²) in [7, 11) is 0.